The third-order valence-corrected chi connectivity index (χ3v) is 16.2. The normalized spacial score (nSPS) is 11.9. The Labute approximate surface area is 420 Å². The molecular weight excluding hydrogens is 889 g/mol. The molecule has 0 aliphatic rings. The van der Waals surface area contributed by atoms with Crippen LogP contribution in [0.1, 0.15) is 0 Å². The van der Waals surface area contributed by atoms with Crippen molar-refractivity contribution >= 4 is 91.3 Å². The van der Waals surface area contributed by atoms with Crippen molar-refractivity contribution in [1.29, 1.82) is 0 Å². The topological polar surface area (TPSA) is 17.3 Å². The molecule has 0 radical (unpaired) electrons. The van der Waals surface area contributed by atoms with Crippen molar-refractivity contribution in [3.05, 3.63) is 255 Å². The van der Waals surface area contributed by atoms with Gasteiger partial charge in [0.2, 0.25) is 0 Å². The maximum Gasteiger partial charge on any atom is 0.156 e. The molecule has 0 spiro atoms. The second kappa shape index (κ2) is 16.2. The summed E-state index contributed by atoms with van der Waals surface area (Å²) in [6.07, 6.45) is 0. The van der Waals surface area contributed by atoms with Crippen molar-refractivity contribution in [2.45, 2.75) is 0 Å². The highest BCUT2D eigenvalue weighted by Gasteiger charge is 2.21. The molecule has 0 aliphatic heterocycles. The number of nitrogens with zero attached hydrogens (tertiary/aromatic N) is 2. The van der Waals surface area contributed by atoms with E-state index in [1.807, 2.05) is 11.3 Å². The van der Waals surface area contributed by atoms with E-state index in [-0.39, 0.29) is 0 Å². The van der Waals surface area contributed by atoms with Gasteiger partial charge in [0.15, 0.2) is 5.65 Å². The van der Waals surface area contributed by atoms with Crippen LogP contribution in [0.5, 0.6) is 0 Å². The Morgan fingerprint density at radius 3 is 1.36 bits per heavy atom. The Kier molecular flexibility index (Phi) is 9.17. The van der Waals surface area contributed by atoms with Gasteiger partial charge in [-0.1, -0.05) is 224 Å². The molecule has 15 aromatic rings. The van der Waals surface area contributed by atoms with Crippen LogP contribution in [0.15, 0.2) is 255 Å². The molecule has 0 fully saturated rings. The Morgan fingerprint density at radius 2 is 0.750 bits per heavy atom. The molecule has 0 amide bonds. The quantitative estimate of drug-likeness (QED) is 0.152. The van der Waals surface area contributed by atoms with Gasteiger partial charge in [0, 0.05) is 20.9 Å². The molecule has 0 atom stereocenters. The summed E-state index contributed by atoms with van der Waals surface area (Å²) in [7, 11) is 0. The Bertz CT molecular complexity index is 4580. The first-order chi connectivity index (χ1) is 35.7. The molecule has 334 valence electrons. The van der Waals surface area contributed by atoms with E-state index < -0.39 is 0 Å². The molecule has 3 heteroatoms. The minimum absolute atomic E-state index is 1.000. The molecular formula is C69H42N2S. The Hall–Kier alpha value is -9.15. The number of aromatic nitrogens is 2. The first kappa shape index (κ1) is 40.7. The van der Waals surface area contributed by atoms with Crippen LogP contribution in [-0.4, -0.2) is 9.38 Å². The van der Waals surface area contributed by atoms with Gasteiger partial charge in [0.1, 0.15) is 0 Å². The number of benzene rings is 12. The minimum Gasteiger partial charge on any atom is -0.291 e. The van der Waals surface area contributed by atoms with E-state index in [9.17, 15) is 0 Å². The summed E-state index contributed by atoms with van der Waals surface area (Å²) in [6, 6.07) is 93.6. The van der Waals surface area contributed by atoms with Gasteiger partial charge in [-0.25, -0.2) is 4.98 Å². The zero-order valence-electron chi connectivity index (χ0n) is 39.1. The van der Waals surface area contributed by atoms with Gasteiger partial charge in [0.05, 0.1) is 21.4 Å². The van der Waals surface area contributed by atoms with E-state index in [1.54, 1.807) is 0 Å². The molecule has 0 bridgehead atoms. The fourth-order valence-corrected chi connectivity index (χ4v) is 12.7. The molecule has 3 aromatic heterocycles. The first-order valence-corrected chi connectivity index (χ1v) is 25.5. The van der Waals surface area contributed by atoms with Crippen LogP contribution in [0.2, 0.25) is 0 Å². The summed E-state index contributed by atoms with van der Waals surface area (Å²) in [5, 5.41) is 12.4. The summed E-state index contributed by atoms with van der Waals surface area (Å²) in [5.74, 6) is 0. The van der Waals surface area contributed by atoms with Crippen molar-refractivity contribution in [2.24, 2.45) is 0 Å². The largest absolute Gasteiger partial charge is 0.291 e. The second-order valence-corrected chi connectivity index (χ2v) is 20.0. The highest BCUT2D eigenvalue weighted by Crippen LogP contribution is 2.45. The van der Waals surface area contributed by atoms with Crippen molar-refractivity contribution in [1.82, 2.24) is 9.38 Å². The fraction of sp³-hybridized carbons (Fsp3) is 0. The molecule has 12 aromatic carbocycles. The van der Waals surface area contributed by atoms with Crippen LogP contribution in [0.4, 0.5) is 0 Å². The van der Waals surface area contributed by atoms with Gasteiger partial charge in [-0.15, -0.1) is 11.3 Å². The maximum atomic E-state index is 5.60. The maximum absolute atomic E-state index is 5.60. The van der Waals surface area contributed by atoms with E-state index in [2.05, 4.69) is 259 Å². The number of fused-ring (bicyclic) bond motifs is 14. The molecule has 72 heavy (non-hydrogen) atoms. The van der Waals surface area contributed by atoms with Crippen LogP contribution in [-0.2, 0) is 0 Å². The van der Waals surface area contributed by atoms with Gasteiger partial charge < -0.3 is 0 Å². The highest BCUT2D eigenvalue weighted by molar-refractivity contribution is 7.27. The summed E-state index contributed by atoms with van der Waals surface area (Å²) in [6.45, 7) is 0. The van der Waals surface area contributed by atoms with E-state index in [0.717, 1.165) is 27.9 Å². The third-order valence-electron chi connectivity index (χ3n) is 15.0. The van der Waals surface area contributed by atoms with Gasteiger partial charge >= 0.3 is 0 Å². The molecule has 3 heterocycles. The van der Waals surface area contributed by atoms with Crippen molar-refractivity contribution in [3.63, 3.8) is 0 Å². The smallest absolute Gasteiger partial charge is 0.156 e. The standard InChI is InChI=1S/C69H42N2S/c1-3-13-43(14-4-1)51-39-52(44-15-5-2-6-16-44)41-53(40-51)45-23-25-48(26-24-45)55-35-36-56(59-22-12-11-21-58(55)59)49-27-29-50(30-28-49)65-42-63-62-34-32-47-18-8-10-20-57(47)67(62)72-68(63)69-70-66-61-33-31-46-17-7-9-19-54(46)60(61)37-38-64(66)71(65)69/h1-42H. The number of hydrogen-bond donors (Lipinski definition) is 0. The minimum atomic E-state index is 1.000. The summed E-state index contributed by atoms with van der Waals surface area (Å²) in [4.78, 5) is 5.60. The predicted octanol–water partition coefficient (Wildman–Crippen LogP) is 19.5. The summed E-state index contributed by atoms with van der Waals surface area (Å²) >= 11 is 1.86. The summed E-state index contributed by atoms with van der Waals surface area (Å²) < 4.78 is 4.93. The second-order valence-electron chi connectivity index (χ2n) is 19.0. The van der Waals surface area contributed by atoms with Gasteiger partial charge in [-0.3, -0.25) is 4.40 Å². The summed E-state index contributed by atoms with van der Waals surface area (Å²) in [5.41, 5.74) is 17.5. The number of rotatable bonds is 6. The lowest BCUT2D eigenvalue weighted by molar-refractivity contribution is 1.25. The van der Waals surface area contributed by atoms with Gasteiger partial charge in [-0.05, 0) is 129 Å². The van der Waals surface area contributed by atoms with E-state index in [1.165, 1.54) is 119 Å². The van der Waals surface area contributed by atoms with E-state index in [0.29, 0.717) is 0 Å². The highest BCUT2D eigenvalue weighted by atomic mass is 32.1. The van der Waals surface area contributed by atoms with Crippen molar-refractivity contribution in [3.8, 4) is 66.9 Å². The van der Waals surface area contributed by atoms with Crippen LogP contribution in [0.25, 0.3) is 147 Å². The van der Waals surface area contributed by atoms with E-state index in [4.69, 9.17) is 4.98 Å². The number of pyridine rings is 1. The number of thiophene rings is 1. The lowest BCUT2D eigenvalue weighted by atomic mass is 9.90. The number of imidazole rings is 1. The monoisotopic (exact) mass is 930 g/mol. The fourth-order valence-electron chi connectivity index (χ4n) is 11.4. The zero-order chi connectivity index (χ0) is 47.3. The lowest BCUT2D eigenvalue weighted by Crippen LogP contribution is -1.93. The lowest BCUT2D eigenvalue weighted by Gasteiger charge is -2.14. The predicted molar refractivity (Wildman–Crippen MR) is 308 cm³/mol. The molecule has 0 saturated heterocycles. The van der Waals surface area contributed by atoms with Crippen LogP contribution in [0.3, 0.4) is 0 Å². The van der Waals surface area contributed by atoms with Crippen LogP contribution in [0, 0.1) is 0 Å². The Balaban J connectivity index is 0.836. The third kappa shape index (κ3) is 6.45. The zero-order valence-corrected chi connectivity index (χ0v) is 39.9. The van der Waals surface area contributed by atoms with Crippen LogP contribution >= 0.6 is 11.3 Å². The van der Waals surface area contributed by atoms with Crippen molar-refractivity contribution in [2.75, 3.05) is 0 Å². The van der Waals surface area contributed by atoms with Gasteiger partial charge in [-0.2, -0.15) is 0 Å². The first-order valence-electron chi connectivity index (χ1n) is 24.7. The van der Waals surface area contributed by atoms with Gasteiger partial charge in [0.25, 0.3) is 0 Å². The van der Waals surface area contributed by atoms with E-state index >= 15 is 0 Å². The van der Waals surface area contributed by atoms with Crippen molar-refractivity contribution < 1.29 is 0 Å². The molecule has 2 nitrogen and oxygen atoms in total. The van der Waals surface area contributed by atoms with Crippen LogP contribution < -0.4 is 0 Å². The molecule has 0 aliphatic carbocycles. The molecule has 0 unspecified atom stereocenters. The number of hydrogen-bond acceptors (Lipinski definition) is 2. The average molecular weight is 931 g/mol. The average Bonchev–Trinajstić information content (AvgIpc) is 4.05. The molecule has 0 N–H and O–H groups in total. The molecule has 0 saturated carbocycles. The molecule has 15 rings (SSSR count). The SMILES string of the molecule is c1ccc(-c2cc(-c3ccccc3)cc(-c3ccc(-c4ccc(-c5ccc(-c6cc7c8ccc9ccccc9c8sc7c7nc8c9ccc%10ccccc%10c9ccc8n67)cc5)c5ccccc45)cc3)c2)cc1. The Morgan fingerprint density at radius 1 is 0.278 bits per heavy atom.